The summed E-state index contributed by atoms with van der Waals surface area (Å²) < 4.78 is 15.4. The second-order valence-electron chi connectivity index (χ2n) is 9.40. The Morgan fingerprint density at radius 3 is 1.38 bits per heavy atom. The normalized spacial score (nSPS) is 11.7. The van der Waals surface area contributed by atoms with Gasteiger partial charge in [-0.05, 0) is 47.9 Å². The van der Waals surface area contributed by atoms with Crippen molar-refractivity contribution in [2.45, 2.75) is 90.9 Å². The zero-order valence-electron chi connectivity index (χ0n) is 21.0. The van der Waals surface area contributed by atoms with Crippen LogP contribution in [0.3, 0.4) is 0 Å². The molecular weight excluding hydrogens is 456 g/mol. The molecule has 2 heterocycles. The van der Waals surface area contributed by atoms with Crippen LogP contribution in [0.25, 0.3) is 30.9 Å². The predicted molar refractivity (Wildman–Crippen MR) is 152 cm³/mol. The highest BCUT2D eigenvalue weighted by atomic mass is 32.1. The lowest BCUT2D eigenvalue weighted by atomic mass is 10.0. The number of ether oxygens (including phenoxy) is 2. The van der Waals surface area contributed by atoms with Gasteiger partial charge in [0.25, 0.3) is 0 Å². The molecular formula is C30H40O2S2. The van der Waals surface area contributed by atoms with Gasteiger partial charge in [0.05, 0.1) is 13.2 Å². The smallest absolute Gasteiger partial charge is 0.161 e. The summed E-state index contributed by atoms with van der Waals surface area (Å²) >= 11 is 3.66. The Labute approximate surface area is 213 Å². The third-order valence-corrected chi connectivity index (χ3v) is 8.60. The number of fused-ring (bicyclic) bond motifs is 6. The number of rotatable bonds is 16. The van der Waals surface area contributed by atoms with Crippen LogP contribution in [0.2, 0.25) is 0 Å². The van der Waals surface area contributed by atoms with Gasteiger partial charge in [0.15, 0.2) is 11.5 Å². The molecule has 0 bridgehead atoms. The quantitative estimate of drug-likeness (QED) is 0.144. The molecule has 2 aromatic heterocycles. The van der Waals surface area contributed by atoms with Gasteiger partial charge in [0.2, 0.25) is 0 Å². The van der Waals surface area contributed by atoms with Crippen molar-refractivity contribution in [2.75, 3.05) is 13.2 Å². The van der Waals surface area contributed by atoms with Crippen LogP contribution < -0.4 is 9.47 Å². The first-order valence-electron chi connectivity index (χ1n) is 13.4. The van der Waals surface area contributed by atoms with E-state index in [1.807, 2.05) is 22.7 Å². The zero-order chi connectivity index (χ0) is 23.6. The molecule has 4 aromatic rings. The number of unbranched alkanes of at least 4 members (excludes halogenated alkanes) is 10. The van der Waals surface area contributed by atoms with E-state index in [0.29, 0.717) is 0 Å². The molecule has 0 aliphatic carbocycles. The van der Waals surface area contributed by atoms with Crippen LogP contribution in [-0.4, -0.2) is 13.2 Å². The lowest BCUT2D eigenvalue weighted by molar-refractivity contribution is 0.259. The summed E-state index contributed by atoms with van der Waals surface area (Å²) in [5.41, 5.74) is 0. The Balaban J connectivity index is 1.52. The third-order valence-electron chi connectivity index (χ3n) is 6.70. The van der Waals surface area contributed by atoms with E-state index < -0.39 is 0 Å². The van der Waals surface area contributed by atoms with Gasteiger partial charge in [0, 0.05) is 30.9 Å². The summed E-state index contributed by atoms with van der Waals surface area (Å²) in [5, 5.41) is 9.73. The summed E-state index contributed by atoms with van der Waals surface area (Å²) in [7, 11) is 0. The van der Waals surface area contributed by atoms with Crippen molar-refractivity contribution in [1.82, 2.24) is 0 Å². The molecule has 0 spiro atoms. The fourth-order valence-corrected chi connectivity index (χ4v) is 6.63. The summed E-state index contributed by atoms with van der Waals surface area (Å²) in [6, 6.07) is 9.02. The van der Waals surface area contributed by atoms with Crippen LogP contribution >= 0.6 is 22.7 Å². The molecule has 0 aliphatic rings. The van der Waals surface area contributed by atoms with Crippen molar-refractivity contribution in [3.05, 3.63) is 35.0 Å². The van der Waals surface area contributed by atoms with Gasteiger partial charge in [0.1, 0.15) is 0 Å². The van der Waals surface area contributed by atoms with Crippen molar-refractivity contribution in [3.8, 4) is 11.5 Å². The average Bonchev–Trinajstić information content (AvgIpc) is 3.53. The van der Waals surface area contributed by atoms with Gasteiger partial charge >= 0.3 is 0 Å². The van der Waals surface area contributed by atoms with Crippen LogP contribution in [0.15, 0.2) is 35.0 Å². The van der Waals surface area contributed by atoms with Gasteiger partial charge in [-0.1, -0.05) is 78.1 Å². The Morgan fingerprint density at radius 1 is 0.529 bits per heavy atom. The highest BCUT2D eigenvalue weighted by Gasteiger charge is 2.16. The Kier molecular flexibility index (Phi) is 9.94. The molecule has 0 saturated heterocycles. The van der Waals surface area contributed by atoms with Crippen molar-refractivity contribution < 1.29 is 9.47 Å². The maximum absolute atomic E-state index is 6.36. The Hall–Kier alpha value is -1.78. The molecule has 2 nitrogen and oxygen atoms in total. The van der Waals surface area contributed by atoms with Gasteiger partial charge in [-0.3, -0.25) is 0 Å². The fourth-order valence-electron chi connectivity index (χ4n) is 4.75. The zero-order valence-corrected chi connectivity index (χ0v) is 22.6. The van der Waals surface area contributed by atoms with E-state index in [9.17, 15) is 0 Å². The molecule has 0 fully saturated rings. The van der Waals surface area contributed by atoms with Crippen LogP contribution in [-0.2, 0) is 0 Å². The van der Waals surface area contributed by atoms with Crippen LogP contribution in [0.1, 0.15) is 90.9 Å². The first-order valence-corrected chi connectivity index (χ1v) is 15.2. The molecule has 2 aromatic carbocycles. The fraction of sp³-hybridized carbons (Fsp3) is 0.533. The topological polar surface area (TPSA) is 18.5 Å². The van der Waals surface area contributed by atoms with Gasteiger partial charge in [-0.25, -0.2) is 0 Å². The average molecular weight is 497 g/mol. The monoisotopic (exact) mass is 496 g/mol. The maximum Gasteiger partial charge on any atom is 0.161 e. The molecule has 0 amide bonds. The molecule has 4 heteroatoms. The standard InChI is InChI=1S/C30H40O2S2/c1-3-5-7-9-11-13-17-31-27-21-25-26(22-28(27)32-18-14-12-10-8-6-4-2)30-24(16-20-34-30)23-15-19-33-29(23)25/h15-16,19-22H,3-14,17-18H2,1-2H3. The minimum absolute atomic E-state index is 0.764. The number of hydrogen-bond acceptors (Lipinski definition) is 4. The summed E-state index contributed by atoms with van der Waals surface area (Å²) in [4.78, 5) is 0. The second-order valence-corrected chi connectivity index (χ2v) is 11.2. The Bertz CT molecular complexity index is 1070. The van der Waals surface area contributed by atoms with Crippen molar-refractivity contribution in [3.63, 3.8) is 0 Å². The molecule has 0 aliphatic heterocycles. The molecule has 34 heavy (non-hydrogen) atoms. The van der Waals surface area contributed by atoms with Crippen LogP contribution in [0, 0.1) is 0 Å². The van der Waals surface area contributed by atoms with E-state index in [1.165, 1.54) is 95.2 Å². The highest BCUT2D eigenvalue weighted by Crippen LogP contribution is 2.44. The molecule has 0 unspecified atom stereocenters. The van der Waals surface area contributed by atoms with E-state index in [0.717, 1.165) is 37.6 Å². The van der Waals surface area contributed by atoms with Gasteiger partial charge < -0.3 is 9.47 Å². The van der Waals surface area contributed by atoms with Crippen molar-refractivity contribution in [1.29, 1.82) is 0 Å². The van der Waals surface area contributed by atoms with Gasteiger partial charge in [-0.15, -0.1) is 22.7 Å². The molecule has 0 N–H and O–H groups in total. The minimum atomic E-state index is 0.764. The molecule has 0 radical (unpaired) electrons. The minimum Gasteiger partial charge on any atom is -0.490 e. The van der Waals surface area contributed by atoms with E-state index >= 15 is 0 Å². The molecule has 184 valence electrons. The van der Waals surface area contributed by atoms with Crippen LogP contribution in [0.5, 0.6) is 11.5 Å². The molecule has 4 rings (SSSR count). The van der Waals surface area contributed by atoms with Crippen molar-refractivity contribution >= 4 is 53.6 Å². The van der Waals surface area contributed by atoms with E-state index in [-0.39, 0.29) is 0 Å². The number of hydrogen-bond donors (Lipinski definition) is 0. The summed E-state index contributed by atoms with van der Waals surface area (Å²) in [6.45, 7) is 6.06. The third kappa shape index (κ3) is 6.26. The molecule has 0 atom stereocenters. The second kappa shape index (κ2) is 13.3. The van der Waals surface area contributed by atoms with Crippen molar-refractivity contribution in [2.24, 2.45) is 0 Å². The predicted octanol–water partition coefficient (Wildman–Crippen LogP) is 10.7. The first-order chi connectivity index (χ1) is 16.8. The van der Waals surface area contributed by atoms with Gasteiger partial charge in [-0.2, -0.15) is 0 Å². The SMILES string of the molecule is CCCCCCCCOc1cc2c(cc1OCCCCCCCC)c1sccc1c1ccsc12. The first kappa shape index (κ1) is 25.3. The van der Waals surface area contributed by atoms with E-state index in [1.54, 1.807) is 0 Å². The Morgan fingerprint density at radius 2 is 0.941 bits per heavy atom. The van der Waals surface area contributed by atoms with E-state index in [2.05, 4.69) is 48.9 Å². The number of thiophene rings is 2. The molecule has 0 saturated carbocycles. The van der Waals surface area contributed by atoms with E-state index in [4.69, 9.17) is 9.47 Å². The van der Waals surface area contributed by atoms with Crippen LogP contribution in [0.4, 0.5) is 0 Å². The summed E-state index contributed by atoms with van der Waals surface area (Å²) in [5.74, 6) is 1.83. The maximum atomic E-state index is 6.36. The highest BCUT2D eigenvalue weighted by molar-refractivity contribution is 7.20. The summed E-state index contributed by atoms with van der Waals surface area (Å²) in [6.07, 6.45) is 15.3. The number of benzene rings is 2. The largest absolute Gasteiger partial charge is 0.490 e. The lowest BCUT2D eigenvalue weighted by Crippen LogP contribution is -2.03. The lowest BCUT2D eigenvalue weighted by Gasteiger charge is -2.15.